The topological polar surface area (TPSA) is 37.8 Å². The predicted octanol–water partition coefficient (Wildman–Crippen LogP) is 7.01. The largest absolute Gasteiger partial charge is 0.381 e. The fraction of sp³-hybridized carbons (Fsp3) is 0.500. The summed E-state index contributed by atoms with van der Waals surface area (Å²) < 4.78 is 0. The van der Waals surface area contributed by atoms with Gasteiger partial charge in [0.2, 0.25) is 0 Å². The van der Waals surface area contributed by atoms with Gasteiger partial charge in [0, 0.05) is 24.6 Å². The fourth-order valence-electron chi connectivity index (χ4n) is 5.40. The Kier molecular flexibility index (Phi) is 8.06. The van der Waals surface area contributed by atoms with Crippen LogP contribution < -0.4 is 5.32 Å². The summed E-state index contributed by atoms with van der Waals surface area (Å²) in [5.74, 6) is 2.97. The Morgan fingerprint density at radius 3 is 2.61 bits per heavy atom. The molecule has 1 aromatic carbocycles. The highest BCUT2D eigenvalue weighted by Crippen LogP contribution is 2.57. The van der Waals surface area contributed by atoms with E-state index in [1.165, 1.54) is 41.7 Å². The molecule has 3 nitrogen and oxygen atoms in total. The molecule has 0 bridgehead atoms. The highest BCUT2D eigenvalue weighted by atomic mass is 14.9. The molecule has 1 aliphatic rings. The molecule has 2 aromatic rings. The molecular weight excluding hydrogens is 378 g/mol. The van der Waals surface area contributed by atoms with Crippen LogP contribution in [-0.2, 0) is 13.0 Å². The first-order valence-corrected chi connectivity index (χ1v) is 12.0. The number of aryl methyl sites for hydroxylation is 1. The Bertz CT molecular complexity index is 956. The zero-order valence-corrected chi connectivity index (χ0v) is 20.0. The Morgan fingerprint density at radius 1 is 1.19 bits per heavy atom. The maximum Gasteiger partial charge on any atom is 0.0918 e. The van der Waals surface area contributed by atoms with Gasteiger partial charge in [-0.15, -0.1) is 0 Å². The van der Waals surface area contributed by atoms with E-state index in [1.807, 2.05) is 6.08 Å². The summed E-state index contributed by atoms with van der Waals surface area (Å²) in [7, 11) is 0. The SMILES string of the molecule is C=C/C=C(\C(=C/C)NCc1cc(CC)c2nccnc2c1)C1C(C)C1C(CC)CCC. The maximum atomic E-state index is 4.54. The second kappa shape index (κ2) is 10.7. The molecule has 166 valence electrons. The monoisotopic (exact) mass is 417 g/mol. The fourth-order valence-corrected chi connectivity index (χ4v) is 5.40. The van der Waals surface area contributed by atoms with Crippen molar-refractivity contribution < 1.29 is 0 Å². The van der Waals surface area contributed by atoms with Gasteiger partial charge in [-0.05, 0) is 59.8 Å². The van der Waals surface area contributed by atoms with E-state index in [2.05, 4.69) is 80.8 Å². The van der Waals surface area contributed by atoms with E-state index in [0.717, 1.165) is 41.8 Å². The predicted molar refractivity (Wildman–Crippen MR) is 133 cm³/mol. The van der Waals surface area contributed by atoms with Crippen molar-refractivity contribution in [2.75, 3.05) is 0 Å². The first kappa shape index (κ1) is 23.2. The Morgan fingerprint density at radius 2 is 1.97 bits per heavy atom. The van der Waals surface area contributed by atoms with Gasteiger partial charge in [-0.3, -0.25) is 9.97 Å². The Labute approximate surface area is 188 Å². The van der Waals surface area contributed by atoms with Crippen molar-refractivity contribution in [2.45, 2.75) is 66.8 Å². The number of aromatic nitrogens is 2. The van der Waals surface area contributed by atoms with Crippen molar-refractivity contribution in [3.63, 3.8) is 0 Å². The smallest absolute Gasteiger partial charge is 0.0918 e. The van der Waals surface area contributed by atoms with Crippen LogP contribution in [0.3, 0.4) is 0 Å². The van der Waals surface area contributed by atoms with Crippen LogP contribution in [0.1, 0.15) is 65.0 Å². The molecule has 0 saturated heterocycles. The van der Waals surface area contributed by atoms with Crippen LogP contribution >= 0.6 is 0 Å². The van der Waals surface area contributed by atoms with Crippen LogP contribution in [0.2, 0.25) is 0 Å². The van der Waals surface area contributed by atoms with E-state index in [-0.39, 0.29) is 0 Å². The van der Waals surface area contributed by atoms with Crippen LogP contribution in [0.15, 0.2) is 60.6 Å². The normalized spacial score (nSPS) is 22.4. The van der Waals surface area contributed by atoms with Gasteiger partial charge in [0.25, 0.3) is 0 Å². The quantitative estimate of drug-likeness (QED) is 0.400. The number of hydrogen-bond donors (Lipinski definition) is 1. The van der Waals surface area contributed by atoms with Crippen molar-refractivity contribution in [1.82, 2.24) is 15.3 Å². The summed E-state index contributed by atoms with van der Waals surface area (Å²) in [5.41, 5.74) is 7.16. The molecule has 1 aromatic heterocycles. The van der Waals surface area contributed by atoms with E-state index in [0.29, 0.717) is 5.92 Å². The van der Waals surface area contributed by atoms with Gasteiger partial charge in [0.1, 0.15) is 0 Å². The molecule has 0 amide bonds. The Balaban J connectivity index is 1.79. The van der Waals surface area contributed by atoms with Gasteiger partial charge in [-0.2, -0.15) is 0 Å². The molecule has 1 saturated carbocycles. The van der Waals surface area contributed by atoms with Crippen LogP contribution in [-0.4, -0.2) is 9.97 Å². The van der Waals surface area contributed by atoms with E-state index < -0.39 is 0 Å². The minimum atomic E-state index is 0.627. The molecule has 0 radical (unpaired) electrons. The van der Waals surface area contributed by atoms with E-state index in [4.69, 9.17) is 0 Å². The molecule has 1 heterocycles. The summed E-state index contributed by atoms with van der Waals surface area (Å²) in [4.78, 5) is 9.07. The van der Waals surface area contributed by atoms with Crippen molar-refractivity contribution in [2.24, 2.45) is 23.7 Å². The molecule has 0 aliphatic heterocycles. The highest BCUT2D eigenvalue weighted by molar-refractivity contribution is 5.78. The number of fused-ring (bicyclic) bond motifs is 1. The molecule has 1 fully saturated rings. The number of benzene rings is 1. The molecule has 31 heavy (non-hydrogen) atoms. The van der Waals surface area contributed by atoms with Crippen LogP contribution in [0.25, 0.3) is 11.0 Å². The molecule has 0 spiro atoms. The summed E-state index contributed by atoms with van der Waals surface area (Å²) in [6.07, 6.45) is 14.8. The van der Waals surface area contributed by atoms with Crippen LogP contribution in [0.5, 0.6) is 0 Å². The minimum absolute atomic E-state index is 0.627. The number of allylic oxidation sites excluding steroid dienone is 4. The molecule has 4 unspecified atom stereocenters. The lowest BCUT2D eigenvalue weighted by molar-refractivity contribution is 0.385. The molecule has 3 rings (SSSR count). The lowest BCUT2D eigenvalue weighted by Gasteiger charge is -2.18. The summed E-state index contributed by atoms with van der Waals surface area (Å²) in [6.45, 7) is 16.2. The zero-order chi connectivity index (χ0) is 22.4. The first-order valence-electron chi connectivity index (χ1n) is 12.0. The number of nitrogens with one attached hydrogen (secondary N) is 1. The maximum absolute atomic E-state index is 4.54. The lowest BCUT2D eigenvalue weighted by Crippen LogP contribution is -2.17. The third-order valence-electron chi connectivity index (χ3n) is 7.01. The van der Waals surface area contributed by atoms with Gasteiger partial charge < -0.3 is 5.32 Å². The van der Waals surface area contributed by atoms with Gasteiger partial charge in [-0.25, -0.2) is 0 Å². The molecule has 4 atom stereocenters. The van der Waals surface area contributed by atoms with Crippen molar-refractivity contribution >= 4 is 11.0 Å². The van der Waals surface area contributed by atoms with Crippen molar-refractivity contribution in [3.8, 4) is 0 Å². The summed E-state index contributed by atoms with van der Waals surface area (Å²) in [6, 6.07) is 4.43. The first-order chi connectivity index (χ1) is 15.1. The van der Waals surface area contributed by atoms with Gasteiger partial charge in [0.15, 0.2) is 0 Å². The summed E-state index contributed by atoms with van der Waals surface area (Å²) >= 11 is 0. The average molecular weight is 418 g/mol. The molecule has 1 aliphatic carbocycles. The minimum Gasteiger partial charge on any atom is -0.381 e. The molecule has 3 heteroatoms. The number of hydrogen-bond acceptors (Lipinski definition) is 3. The van der Waals surface area contributed by atoms with E-state index in [1.54, 1.807) is 12.4 Å². The standard InChI is InChI=1S/C28H39N3/c1-7-12-21(9-3)26-19(6)27(26)23(13-8-2)24(11-5)31-18-20-16-22(10-4)28-25(17-20)29-14-15-30-28/h8,11,13-17,19,21,26-27,31H,2,7,9-10,12,18H2,1,3-6H3/b23-13+,24-11+. The van der Waals surface area contributed by atoms with Crippen molar-refractivity contribution in [1.29, 1.82) is 0 Å². The van der Waals surface area contributed by atoms with E-state index in [9.17, 15) is 0 Å². The van der Waals surface area contributed by atoms with E-state index >= 15 is 0 Å². The zero-order valence-electron chi connectivity index (χ0n) is 20.0. The number of rotatable bonds is 11. The molecule has 1 N–H and O–H groups in total. The van der Waals surface area contributed by atoms with Crippen LogP contribution in [0, 0.1) is 23.7 Å². The van der Waals surface area contributed by atoms with Gasteiger partial charge >= 0.3 is 0 Å². The highest BCUT2D eigenvalue weighted by Gasteiger charge is 2.51. The number of nitrogens with zero attached hydrogens (tertiary/aromatic N) is 2. The van der Waals surface area contributed by atoms with Crippen molar-refractivity contribution in [3.05, 3.63) is 71.7 Å². The average Bonchev–Trinajstić information content (AvgIpc) is 3.46. The second-order valence-electron chi connectivity index (χ2n) is 8.87. The van der Waals surface area contributed by atoms with Gasteiger partial charge in [-0.1, -0.05) is 77.8 Å². The van der Waals surface area contributed by atoms with Gasteiger partial charge in [0.05, 0.1) is 11.0 Å². The lowest BCUT2D eigenvalue weighted by atomic mass is 9.91. The Hall–Kier alpha value is -2.42. The molecular formula is C28H39N3. The summed E-state index contributed by atoms with van der Waals surface area (Å²) in [5, 5.41) is 3.73. The third-order valence-corrected chi connectivity index (χ3v) is 7.01. The third kappa shape index (κ3) is 5.08. The second-order valence-corrected chi connectivity index (χ2v) is 8.87. The van der Waals surface area contributed by atoms with Crippen LogP contribution in [0.4, 0.5) is 0 Å².